The molecule has 12 atom stereocenters. The minimum Gasteiger partial charge on any atom is -0.390 e. The zero-order chi connectivity index (χ0) is 77.3. The Balaban J connectivity index is 4.61. The van der Waals surface area contributed by atoms with Gasteiger partial charge in [0.15, 0.2) is 0 Å². The fraction of sp³-hybridized carbons (Fsp3) is 0.827. The molecule has 25 heteroatoms. The van der Waals surface area contributed by atoms with Gasteiger partial charge in [-0.15, -0.1) is 0 Å². The maximum atomic E-state index is 15.6. The zero-order valence-corrected chi connectivity index (χ0v) is 67.8. The van der Waals surface area contributed by atoms with Crippen LogP contribution in [-0.4, -0.2) is 262 Å². The molecule has 0 aliphatic carbocycles. The van der Waals surface area contributed by atoms with Crippen LogP contribution in [0.25, 0.3) is 0 Å². The number of nitrogens with one attached hydrogen (secondary N) is 4. The summed E-state index contributed by atoms with van der Waals surface area (Å²) in [6.07, 6.45) is 5.81. The smallest absolute Gasteiger partial charge is 0.246 e. The van der Waals surface area contributed by atoms with Crippen LogP contribution in [0.2, 0.25) is 0 Å². The van der Waals surface area contributed by atoms with E-state index < -0.39 is 149 Å². The van der Waals surface area contributed by atoms with Gasteiger partial charge in [-0.1, -0.05) is 123 Å². The lowest BCUT2D eigenvalue weighted by molar-refractivity contribution is -0.156. The van der Waals surface area contributed by atoms with Crippen molar-refractivity contribution in [1.82, 2.24) is 60.5 Å². The van der Waals surface area contributed by atoms with E-state index in [1.165, 1.54) is 123 Å². The van der Waals surface area contributed by atoms with Crippen molar-refractivity contribution in [3.8, 4) is 0 Å². The Morgan fingerprint density at radius 3 is 1.41 bits per heavy atom. The van der Waals surface area contributed by atoms with E-state index in [-0.39, 0.29) is 67.9 Å². The van der Waals surface area contributed by atoms with Gasteiger partial charge in [-0.05, 0) is 133 Å². The van der Waals surface area contributed by atoms with Gasteiger partial charge in [0.25, 0.3) is 0 Å². The first kappa shape index (κ1) is 92.2. The van der Waals surface area contributed by atoms with Gasteiger partial charge in [-0.3, -0.25) is 52.7 Å². The number of amides is 11. The lowest BCUT2D eigenvalue weighted by Crippen LogP contribution is -2.62. The molecule has 0 saturated carbocycles. The Morgan fingerprint density at radius 1 is 0.480 bits per heavy atom. The second kappa shape index (κ2) is 43.3. The first-order valence-corrected chi connectivity index (χ1v) is 38.1. The molecule has 0 aromatic rings. The fourth-order valence-electron chi connectivity index (χ4n) is 12.8. The average Bonchev–Trinajstić information content (AvgIpc) is 0.815. The van der Waals surface area contributed by atoms with Crippen molar-refractivity contribution in [3.63, 3.8) is 0 Å². The molecule has 0 bridgehead atoms. The van der Waals surface area contributed by atoms with Crippen LogP contribution in [0.15, 0.2) is 12.2 Å². The number of thioether (sulfide) groups is 1. The highest BCUT2D eigenvalue weighted by atomic mass is 32.2. The molecule has 0 aromatic carbocycles. The highest BCUT2D eigenvalue weighted by molar-refractivity contribution is 7.99. The van der Waals surface area contributed by atoms with E-state index >= 15 is 38.4 Å². The maximum Gasteiger partial charge on any atom is 0.246 e. The van der Waals surface area contributed by atoms with Gasteiger partial charge in [-0.25, -0.2) is 0 Å². The van der Waals surface area contributed by atoms with Crippen molar-refractivity contribution in [1.29, 1.82) is 0 Å². The Labute approximate surface area is 607 Å². The fourth-order valence-corrected chi connectivity index (χ4v) is 14.0. The van der Waals surface area contributed by atoms with Crippen LogP contribution in [0, 0.1) is 47.3 Å². The Morgan fingerprint density at radius 2 is 0.930 bits per heavy atom. The number of carbonyl (C=O) groups excluding carboxylic acids is 11. The molecule has 1 saturated heterocycles. The molecule has 1 aliphatic heterocycles. The topological polar surface area (TPSA) is 282 Å². The van der Waals surface area contributed by atoms with Crippen LogP contribution in [0.1, 0.15) is 203 Å². The lowest BCUT2D eigenvalue weighted by atomic mass is 9.94. The molecule has 24 nitrogen and oxygen atoms in total. The third kappa shape index (κ3) is 29.1. The molecule has 576 valence electrons. The summed E-state index contributed by atoms with van der Waals surface area (Å²) in [4.78, 5) is 177. The van der Waals surface area contributed by atoms with Crippen molar-refractivity contribution < 1.29 is 57.8 Å². The molecular weight excluding hydrogens is 1290 g/mol. The number of hydrogen-bond acceptors (Lipinski definition) is 14. The van der Waals surface area contributed by atoms with E-state index in [1.807, 2.05) is 67.5 Å². The van der Waals surface area contributed by atoms with Crippen LogP contribution in [0.4, 0.5) is 0 Å². The Bertz CT molecular complexity index is 2670. The van der Waals surface area contributed by atoms with E-state index in [9.17, 15) is 19.5 Å². The summed E-state index contributed by atoms with van der Waals surface area (Å²) in [5, 5.41) is 22.9. The second-order valence-corrected chi connectivity index (χ2v) is 33.1. The molecule has 100 heavy (non-hydrogen) atoms. The minimum absolute atomic E-state index is 0.0576. The van der Waals surface area contributed by atoms with E-state index in [2.05, 4.69) is 53.9 Å². The van der Waals surface area contributed by atoms with Crippen molar-refractivity contribution in [2.24, 2.45) is 47.3 Å². The molecule has 1 aliphatic rings. The molecule has 0 aromatic heterocycles. The van der Waals surface area contributed by atoms with Crippen LogP contribution < -0.4 is 21.3 Å². The maximum absolute atomic E-state index is 15.6. The van der Waals surface area contributed by atoms with Crippen molar-refractivity contribution in [3.05, 3.63) is 12.2 Å². The Hall–Kier alpha value is -5.82. The molecule has 11 amide bonds. The lowest BCUT2D eigenvalue weighted by Gasteiger charge is -2.41. The van der Waals surface area contributed by atoms with Gasteiger partial charge in [0.2, 0.25) is 65.0 Å². The van der Waals surface area contributed by atoms with Crippen LogP contribution in [-0.2, 0) is 52.7 Å². The summed E-state index contributed by atoms with van der Waals surface area (Å²) >= 11 is 1.45. The van der Waals surface area contributed by atoms with E-state index in [0.29, 0.717) is 43.4 Å². The summed E-state index contributed by atoms with van der Waals surface area (Å²) in [7, 11) is 10.3. The van der Waals surface area contributed by atoms with Crippen LogP contribution in [0.5, 0.6) is 0 Å². The highest BCUT2D eigenvalue weighted by Crippen LogP contribution is 2.27. The SMILES string of the molecule is C/C=C/C[C@@H](C)C[C@@H]1C(=O)N[C@H](CC)C(=O)N(C)[C@H](CSCCN(CC(C)C)CC(C)C)C(=O)N(C)[C@@H](CC(C)(C)O)C(=O)N[C@H](C(C)C)C(=O)N(C)[C@H](CCC(C)C)C(=O)N[C@H](C)C(=O)N[C@@H](C)C(=O)N(C)[C@@H](CC(C)C)C(=O)N(C)[C@H](CCC(C)C)C(=O)N(C)[C@H](C(C)C)C(=O)N1C. The van der Waals surface area contributed by atoms with Gasteiger partial charge in [-0.2, -0.15) is 11.8 Å². The third-order valence-corrected chi connectivity index (χ3v) is 20.0. The van der Waals surface area contributed by atoms with Gasteiger partial charge < -0.3 is 65.6 Å². The summed E-state index contributed by atoms with van der Waals surface area (Å²) in [5.41, 5.74) is -1.57. The highest BCUT2D eigenvalue weighted by Gasteiger charge is 2.45. The predicted octanol–water partition coefficient (Wildman–Crippen LogP) is 6.91. The number of allylic oxidation sites excluding steroid dienone is 2. The molecule has 0 radical (unpaired) electrons. The summed E-state index contributed by atoms with van der Waals surface area (Å²) in [6.45, 7) is 41.1. The van der Waals surface area contributed by atoms with Crippen LogP contribution in [0.3, 0.4) is 0 Å². The number of hydrogen-bond donors (Lipinski definition) is 5. The predicted molar refractivity (Wildman–Crippen MR) is 400 cm³/mol. The standard InChI is InChI=1S/C75H138N12O12S/c1-29-31-32-52(17)40-58-66(90)78-55(30-2)69(93)85(27)61(44-100-38-37-87(42-48(9)10)43-49(11)12)72(96)84(26)60(41-75(20,21)99)67(91)79-62(50(13)14)73(97)80(22)56(35-33-45(3)4)65(89)76-53(18)64(88)77-54(19)68(92)83(25)59(39-47(7)8)71(95)81(23)57(36-34-46(5)6)70(94)86(28)63(51(15)16)74(98)82(58)24/h29,31,45-63,99H,30,32-44H2,1-28H3,(H,76,89)(H,77,88)(H,78,90)(H,79,91)/b31-29+/t52-,53-,54+,55-,56-,57-,58-,59+,60+,61-,62-,63-/m1/s1. The first-order chi connectivity index (χ1) is 46.2. The van der Waals surface area contributed by atoms with Gasteiger partial charge in [0.05, 0.1) is 5.60 Å². The Kier molecular flexibility index (Phi) is 39.9. The summed E-state index contributed by atoms with van der Waals surface area (Å²) in [5.74, 6) is -6.95. The summed E-state index contributed by atoms with van der Waals surface area (Å²) < 4.78 is 0. The molecule has 1 heterocycles. The van der Waals surface area contributed by atoms with E-state index in [1.54, 1.807) is 34.6 Å². The molecule has 1 rings (SSSR count). The molecular formula is C75H138N12O12S. The van der Waals surface area contributed by atoms with Gasteiger partial charge in [0.1, 0.15) is 66.5 Å². The second-order valence-electron chi connectivity index (χ2n) is 31.9. The van der Waals surface area contributed by atoms with Crippen LogP contribution >= 0.6 is 11.8 Å². The quantitative estimate of drug-likeness (QED) is 0.0435. The number of aliphatic hydroxyl groups is 1. The molecule has 0 unspecified atom stereocenters. The van der Waals surface area contributed by atoms with Gasteiger partial charge in [0, 0.05) is 86.9 Å². The monoisotopic (exact) mass is 1430 g/mol. The van der Waals surface area contributed by atoms with Crippen molar-refractivity contribution in [2.75, 3.05) is 80.5 Å². The number of likely N-dealkylation sites (N-methyl/N-ethyl adjacent to an activating group) is 7. The first-order valence-electron chi connectivity index (χ1n) is 36.9. The average molecular weight is 1430 g/mol. The zero-order valence-electron chi connectivity index (χ0n) is 66.9. The molecule has 0 spiro atoms. The van der Waals surface area contributed by atoms with Crippen molar-refractivity contribution in [2.45, 2.75) is 275 Å². The number of nitrogens with zero attached hydrogens (tertiary/aromatic N) is 8. The van der Waals surface area contributed by atoms with Crippen molar-refractivity contribution >= 4 is 76.7 Å². The largest absolute Gasteiger partial charge is 0.390 e. The molecule has 1 fully saturated rings. The normalized spacial score (nSPS) is 25.4. The van der Waals surface area contributed by atoms with Gasteiger partial charge >= 0.3 is 0 Å². The van der Waals surface area contributed by atoms with E-state index in [0.717, 1.165) is 13.1 Å². The molecule has 5 N–H and O–H groups in total. The minimum atomic E-state index is -1.57. The van der Waals surface area contributed by atoms with E-state index in [4.69, 9.17) is 0 Å². The number of rotatable bonds is 26. The number of carbonyl (C=O) groups is 11. The summed E-state index contributed by atoms with van der Waals surface area (Å²) in [6, 6.07) is -13.4. The third-order valence-electron chi connectivity index (χ3n) is 18.9.